The van der Waals surface area contributed by atoms with Crippen LogP contribution in [-0.4, -0.2) is 17.6 Å². The Balaban J connectivity index is 2.41. The predicted molar refractivity (Wildman–Crippen MR) is 116 cm³/mol. The second-order valence-electron chi connectivity index (χ2n) is 5.62. The Morgan fingerprint density at radius 1 is 1.10 bits per heavy atom. The number of nitro groups is 1. The molecule has 1 unspecified atom stereocenters. The van der Waals surface area contributed by atoms with Gasteiger partial charge < -0.3 is 0 Å². The van der Waals surface area contributed by atoms with Crippen molar-refractivity contribution < 1.29 is 17.6 Å². The first kappa shape index (κ1) is 22.4. The van der Waals surface area contributed by atoms with E-state index in [4.69, 9.17) is 16.9 Å². The van der Waals surface area contributed by atoms with Crippen LogP contribution in [0.3, 0.4) is 0 Å². The van der Waals surface area contributed by atoms with Gasteiger partial charge in [-0.15, -0.1) is 11.3 Å². The second-order valence-corrected chi connectivity index (χ2v) is 12.1. The monoisotopic (exact) mass is 545 g/mol. The SMILES string of the molecule is N#Cc1cc(S(=O)(=NS(=O)(=O)c2ccccc2[N+](=O)[O-])c2cccc(Br)c2)c(Cl)s1. The van der Waals surface area contributed by atoms with E-state index in [2.05, 4.69) is 19.7 Å². The Hall–Kier alpha value is -2.30. The number of sulfonamides is 1. The molecule has 30 heavy (non-hydrogen) atoms. The van der Waals surface area contributed by atoms with Crippen molar-refractivity contribution in [3.8, 4) is 6.07 Å². The van der Waals surface area contributed by atoms with E-state index in [1.54, 1.807) is 6.07 Å². The molecule has 1 atom stereocenters. The minimum Gasteiger partial charge on any atom is -0.258 e. The van der Waals surface area contributed by atoms with Gasteiger partial charge in [-0.05, 0) is 30.3 Å². The Bertz CT molecular complexity index is 1440. The molecular formula is C17H9BrClN3O5S3. The van der Waals surface area contributed by atoms with Gasteiger partial charge >= 0.3 is 0 Å². The summed E-state index contributed by atoms with van der Waals surface area (Å²) in [4.78, 5) is 9.66. The molecule has 8 nitrogen and oxygen atoms in total. The maximum absolute atomic E-state index is 14.0. The highest BCUT2D eigenvalue weighted by molar-refractivity contribution is 9.10. The standard InChI is InChI=1S/C17H9BrClN3O5S3/c18-11-4-3-5-13(8-11)29(25,16-9-12(10-20)28-17(16)19)21-30(26,27)15-7-2-1-6-14(15)22(23)24/h1-9H. The zero-order valence-corrected chi connectivity index (χ0v) is 19.4. The highest BCUT2D eigenvalue weighted by Gasteiger charge is 2.30. The number of halogens is 2. The first-order valence-corrected chi connectivity index (χ1v) is 12.7. The van der Waals surface area contributed by atoms with Crippen LogP contribution in [0, 0.1) is 21.4 Å². The number of hydrogen-bond acceptors (Lipinski definition) is 7. The van der Waals surface area contributed by atoms with E-state index in [0.717, 1.165) is 23.5 Å². The average Bonchev–Trinajstić information content (AvgIpc) is 3.09. The zero-order valence-electron chi connectivity index (χ0n) is 14.6. The van der Waals surface area contributed by atoms with Gasteiger partial charge in [-0.1, -0.05) is 49.5 Å². The summed E-state index contributed by atoms with van der Waals surface area (Å²) in [6.45, 7) is 0. The van der Waals surface area contributed by atoms with Crippen molar-refractivity contribution in [3.05, 3.63) is 78.4 Å². The van der Waals surface area contributed by atoms with Crippen LogP contribution >= 0.6 is 38.9 Å². The summed E-state index contributed by atoms with van der Waals surface area (Å²) in [5, 5.41) is 20.4. The van der Waals surface area contributed by atoms with Crippen molar-refractivity contribution in [2.75, 3.05) is 0 Å². The summed E-state index contributed by atoms with van der Waals surface area (Å²) in [6, 6.07) is 13.6. The Morgan fingerprint density at radius 2 is 1.80 bits per heavy atom. The lowest BCUT2D eigenvalue weighted by Gasteiger charge is -2.11. The minimum absolute atomic E-state index is 0.00299. The fraction of sp³-hybridized carbons (Fsp3) is 0. The fourth-order valence-corrected chi connectivity index (χ4v) is 8.78. The van der Waals surface area contributed by atoms with Crippen molar-refractivity contribution in [2.24, 2.45) is 3.77 Å². The molecule has 0 saturated carbocycles. The molecule has 1 heterocycles. The number of hydrogen-bond donors (Lipinski definition) is 0. The molecule has 0 saturated heterocycles. The summed E-state index contributed by atoms with van der Waals surface area (Å²) in [6.07, 6.45) is 0. The van der Waals surface area contributed by atoms with Gasteiger partial charge in [-0.2, -0.15) is 13.7 Å². The molecule has 0 N–H and O–H groups in total. The summed E-state index contributed by atoms with van der Waals surface area (Å²) in [5.74, 6) is 0. The fourth-order valence-electron chi connectivity index (χ4n) is 2.45. The minimum atomic E-state index is -4.76. The van der Waals surface area contributed by atoms with Crippen LogP contribution in [0.5, 0.6) is 0 Å². The number of nitriles is 1. The molecule has 0 aliphatic heterocycles. The molecule has 1 aromatic heterocycles. The number of nitrogens with zero attached hydrogens (tertiary/aromatic N) is 3. The Morgan fingerprint density at radius 3 is 2.40 bits per heavy atom. The van der Waals surface area contributed by atoms with E-state index < -0.39 is 35.3 Å². The molecule has 2 aromatic carbocycles. The molecule has 0 aliphatic carbocycles. The predicted octanol–water partition coefficient (Wildman–Crippen LogP) is 5.22. The van der Waals surface area contributed by atoms with Crippen molar-refractivity contribution >= 4 is 64.3 Å². The van der Waals surface area contributed by atoms with Crippen molar-refractivity contribution in [1.82, 2.24) is 0 Å². The van der Waals surface area contributed by atoms with Crippen molar-refractivity contribution in [1.29, 1.82) is 5.26 Å². The van der Waals surface area contributed by atoms with Gasteiger partial charge in [0.05, 0.1) is 14.7 Å². The number of rotatable bonds is 5. The van der Waals surface area contributed by atoms with Gasteiger partial charge in [0, 0.05) is 10.5 Å². The van der Waals surface area contributed by atoms with Crippen LogP contribution in [0.1, 0.15) is 4.88 Å². The van der Waals surface area contributed by atoms with E-state index in [-0.39, 0.29) is 19.0 Å². The smallest absolute Gasteiger partial charge is 0.258 e. The van der Waals surface area contributed by atoms with Crippen LogP contribution < -0.4 is 0 Å². The van der Waals surface area contributed by atoms with E-state index in [1.807, 2.05) is 6.07 Å². The van der Waals surface area contributed by atoms with Crippen LogP contribution in [0.25, 0.3) is 0 Å². The molecule has 0 spiro atoms. The average molecular weight is 547 g/mol. The quantitative estimate of drug-likeness (QED) is 0.318. The maximum Gasteiger partial charge on any atom is 0.297 e. The van der Waals surface area contributed by atoms with E-state index in [0.29, 0.717) is 4.47 Å². The molecule has 0 radical (unpaired) electrons. The van der Waals surface area contributed by atoms with E-state index in [1.165, 1.54) is 36.4 Å². The highest BCUT2D eigenvalue weighted by atomic mass is 79.9. The highest BCUT2D eigenvalue weighted by Crippen LogP contribution is 2.38. The molecule has 13 heteroatoms. The second kappa shape index (κ2) is 8.44. The molecule has 154 valence electrons. The number of nitro benzene ring substituents is 1. The molecule has 0 aliphatic rings. The molecule has 3 aromatic rings. The van der Waals surface area contributed by atoms with Gasteiger partial charge in [-0.3, -0.25) is 10.1 Å². The third-order valence-corrected chi connectivity index (χ3v) is 10.1. The third kappa shape index (κ3) is 4.26. The molecular weight excluding hydrogens is 538 g/mol. The number of para-hydroxylation sites is 1. The maximum atomic E-state index is 14.0. The van der Waals surface area contributed by atoms with Crippen LogP contribution in [0.2, 0.25) is 4.34 Å². The first-order chi connectivity index (χ1) is 14.1. The van der Waals surface area contributed by atoms with Crippen LogP contribution in [0.15, 0.2) is 77.5 Å². The van der Waals surface area contributed by atoms with E-state index >= 15 is 0 Å². The third-order valence-electron chi connectivity index (χ3n) is 3.72. The zero-order chi connectivity index (χ0) is 22.1. The Kier molecular flexibility index (Phi) is 6.30. The Labute approximate surface area is 189 Å². The number of thiophene rings is 1. The molecule has 3 rings (SSSR count). The lowest BCUT2D eigenvalue weighted by atomic mass is 10.3. The van der Waals surface area contributed by atoms with Gasteiger partial charge in [0.2, 0.25) is 0 Å². The largest absolute Gasteiger partial charge is 0.297 e. The molecule has 0 bridgehead atoms. The van der Waals surface area contributed by atoms with Crippen LogP contribution in [0.4, 0.5) is 5.69 Å². The summed E-state index contributed by atoms with van der Waals surface area (Å²) in [5.41, 5.74) is -0.702. The summed E-state index contributed by atoms with van der Waals surface area (Å²) in [7, 11) is -8.69. The van der Waals surface area contributed by atoms with Gasteiger partial charge in [0.25, 0.3) is 15.7 Å². The van der Waals surface area contributed by atoms with Gasteiger partial charge in [-0.25, -0.2) is 4.21 Å². The van der Waals surface area contributed by atoms with Crippen molar-refractivity contribution in [2.45, 2.75) is 14.7 Å². The van der Waals surface area contributed by atoms with Crippen LogP contribution in [-0.2, 0) is 19.8 Å². The van der Waals surface area contributed by atoms with Gasteiger partial charge in [0.1, 0.15) is 25.0 Å². The first-order valence-electron chi connectivity index (χ1n) is 7.80. The lowest BCUT2D eigenvalue weighted by Crippen LogP contribution is -2.09. The molecule has 0 amide bonds. The molecule has 0 fully saturated rings. The van der Waals surface area contributed by atoms with Crippen molar-refractivity contribution in [3.63, 3.8) is 0 Å². The lowest BCUT2D eigenvalue weighted by molar-refractivity contribution is -0.387. The summed E-state index contributed by atoms with van der Waals surface area (Å²) >= 11 is 10.2. The normalized spacial score (nSPS) is 13.2. The van der Waals surface area contributed by atoms with Gasteiger partial charge in [0.15, 0.2) is 4.90 Å². The topological polar surface area (TPSA) is 130 Å². The number of benzene rings is 2. The van der Waals surface area contributed by atoms with E-state index in [9.17, 15) is 22.7 Å². The summed E-state index contributed by atoms with van der Waals surface area (Å²) < 4.78 is 44.1.